The van der Waals surface area contributed by atoms with Gasteiger partial charge in [-0.2, -0.15) is 0 Å². The average Bonchev–Trinajstić information content (AvgIpc) is 3.10. The molecule has 2 N–H and O–H groups in total. The Kier molecular flexibility index (Phi) is 9.03. The Hall–Kier alpha value is -1.57. The van der Waals surface area contributed by atoms with Gasteiger partial charge in [0.15, 0.2) is 0 Å². The first-order chi connectivity index (χ1) is 14.6. The van der Waals surface area contributed by atoms with Gasteiger partial charge in [-0.1, -0.05) is 29.8 Å². The molecule has 30 heavy (non-hydrogen) atoms. The molecule has 2 aromatic rings. The van der Waals surface area contributed by atoms with E-state index in [0.717, 1.165) is 34.1 Å². The third-order valence-electron chi connectivity index (χ3n) is 5.26. The summed E-state index contributed by atoms with van der Waals surface area (Å²) >= 11 is 7.82. The molecule has 0 radical (unpaired) electrons. The molecule has 2 aromatic carbocycles. The molecule has 1 aliphatic rings. The molecule has 0 heterocycles. The van der Waals surface area contributed by atoms with E-state index in [4.69, 9.17) is 26.2 Å². The van der Waals surface area contributed by atoms with Crippen LogP contribution in [0, 0.1) is 11.8 Å². The number of benzene rings is 2. The van der Waals surface area contributed by atoms with E-state index in [9.17, 15) is 9.90 Å². The van der Waals surface area contributed by atoms with Crippen LogP contribution >= 0.6 is 23.4 Å². The van der Waals surface area contributed by atoms with Crippen LogP contribution in [-0.4, -0.2) is 47.9 Å². The summed E-state index contributed by atoms with van der Waals surface area (Å²) < 4.78 is 10.9. The van der Waals surface area contributed by atoms with Crippen LogP contribution in [-0.2, 0) is 16.1 Å². The van der Waals surface area contributed by atoms with Gasteiger partial charge >= 0.3 is 5.97 Å². The molecule has 0 amide bonds. The lowest BCUT2D eigenvalue weighted by molar-refractivity contribution is 0.0246. The summed E-state index contributed by atoms with van der Waals surface area (Å²) in [5.74, 6) is 0.922. The Morgan fingerprint density at radius 2 is 2.00 bits per heavy atom. The molecule has 162 valence electrons. The number of aliphatic hydroxyl groups excluding tert-OH is 2. The van der Waals surface area contributed by atoms with Gasteiger partial charge in [-0.3, -0.25) is 0 Å². The Bertz CT molecular complexity index is 831. The topological polar surface area (TPSA) is 76.0 Å². The molecular weight excluding hydrogens is 424 g/mol. The molecule has 1 fully saturated rings. The summed E-state index contributed by atoms with van der Waals surface area (Å²) in [5.41, 5.74) is 1.30. The van der Waals surface area contributed by atoms with E-state index < -0.39 is 5.97 Å². The van der Waals surface area contributed by atoms with Crippen LogP contribution in [0.1, 0.15) is 28.8 Å². The SMILES string of the molecule is O=C(OCCO)c1cccc(COC[C@H]2C(O)CC[C@@H]2CSc2cccc(Cl)c2)c1. The fourth-order valence-electron chi connectivity index (χ4n) is 3.66. The highest BCUT2D eigenvalue weighted by atomic mass is 35.5. The molecule has 0 bridgehead atoms. The van der Waals surface area contributed by atoms with Gasteiger partial charge < -0.3 is 19.7 Å². The number of rotatable bonds is 10. The van der Waals surface area contributed by atoms with E-state index in [1.807, 2.05) is 30.3 Å². The number of thioether (sulfide) groups is 1. The Balaban J connectivity index is 1.49. The quantitative estimate of drug-likeness (QED) is 0.417. The number of hydrogen-bond donors (Lipinski definition) is 2. The zero-order valence-electron chi connectivity index (χ0n) is 16.7. The van der Waals surface area contributed by atoms with Crippen molar-refractivity contribution in [3.05, 3.63) is 64.7 Å². The highest BCUT2D eigenvalue weighted by molar-refractivity contribution is 7.99. The van der Waals surface area contributed by atoms with Crippen molar-refractivity contribution in [1.29, 1.82) is 0 Å². The molecule has 0 aromatic heterocycles. The highest BCUT2D eigenvalue weighted by Gasteiger charge is 2.35. The van der Waals surface area contributed by atoms with Crippen LogP contribution in [0.15, 0.2) is 53.4 Å². The molecule has 3 rings (SSSR count). The van der Waals surface area contributed by atoms with Crippen LogP contribution in [0.2, 0.25) is 5.02 Å². The van der Waals surface area contributed by atoms with Crippen molar-refractivity contribution in [1.82, 2.24) is 0 Å². The fraction of sp³-hybridized carbons (Fsp3) is 0.435. The first-order valence-corrected chi connectivity index (χ1v) is 11.4. The summed E-state index contributed by atoms with van der Waals surface area (Å²) in [5, 5.41) is 19.9. The van der Waals surface area contributed by atoms with Crippen LogP contribution in [0.4, 0.5) is 0 Å². The standard InChI is InChI=1S/C23H27ClO5S/c24-19-5-2-6-20(12-19)30-15-18-7-8-22(26)21(18)14-28-13-16-3-1-4-17(11-16)23(27)29-10-9-25/h1-6,11-12,18,21-22,25-26H,7-10,13-15H2/t18-,21-,22?/m1/s1. The van der Waals surface area contributed by atoms with Crippen molar-refractivity contribution >= 4 is 29.3 Å². The molecule has 7 heteroatoms. The summed E-state index contributed by atoms with van der Waals surface area (Å²) in [7, 11) is 0. The van der Waals surface area contributed by atoms with E-state index in [1.165, 1.54) is 0 Å². The Morgan fingerprint density at radius 3 is 2.80 bits per heavy atom. The van der Waals surface area contributed by atoms with Crippen molar-refractivity contribution in [2.45, 2.75) is 30.4 Å². The van der Waals surface area contributed by atoms with Crippen molar-refractivity contribution in [2.75, 3.05) is 25.6 Å². The number of ether oxygens (including phenoxy) is 2. The number of aliphatic hydroxyl groups is 2. The molecule has 5 nitrogen and oxygen atoms in total. The molecule has 0 spiro atoms. The molecule has 0 aliphatic heterocycles. The Morgan fingerprint density at radius 1 is 1.17 bits per heavy atom. The van der Waals surface area contributed by atoms with Crippen molar-refractivity contribution in [2.24, 2.45) is 11.8 Å². The van der Waals surface area contributed by atoms with Gasteiger partial charge in [0.05, 0.1) is 31.5 Å². The largest absolute Gasteiger partial charge is 0.460 e. The minimum Gasteiger partial charge on any atom is -0.460 e. The molecule has 1 aliphatic carbocycles. The van der Waals surface area contributed by atoms with Gasteiger partial charge in [0.2, 0.25) is 0 Å². The maximum Gasteiger partial charge on any atom is 0.338 e. The lowest BCUT2D eigenvalue weighted by atomic mass is 9.97. The first kappa shape index (κ1) is 23.1. The van der Waals surface area contributed by atoms with Gasteiger partial charge in [0.25, 0.3) is 0 Å². The maximum atomic E-state index is 11.9. The van der Waals surface area contributed by atoms with E-state index in [2.05, 4.69) is 0 Å². The average molecular weight is 451 g/mol. The maximum absolute atomic E-state index is 11.9. The number of halogens is 1. The predicted octanol–water partition coefficient (Wildman–Crippen LogP) is 4.19. The number of carbonyl (C=O) groups excluding carboxylic acids is 1. The summed E-state index contributed by atoms with van der Waals surface area (Å²) in [6.45, 7) is 0.613. The van der Waals surface area contributed by atoms with Crippen molar-refractivity contribution < 1.29 is 24.5 Å². The smallest absolute Gasteiger partial charge is 0.338 e. The van der Waals surface area contributed by atoms with Gasteiger partial charge in [-0.25, -0.2) is 4.79 Å². The van der Waals surface area contributed by atoms with E-state index in [1.54, 1.807) is 30.0 Å². The van der Waals surface area contributed by atoms with Crippen LogP contribution in [0.3, 0.4) is 0 Å². The molecular formula is C23H27ClO5S. The van der Waals surface area contributed by atoms with E-state index in [0.29, 0.717) is 24.7 Å². The molecule has 1 saturated carbocycles. The van der Waals surface area contributed by atoms with Crippen molar-refractivity contribution in [3.8, 4) is 0 Å². The zero-order valence-corrected chi connectivity index (χ0v) is 18.3. The number of hydrogen-bond acceptors (Lipinski definition) is 6. The number of carbonyl (C=O) groups is 1. The highest BCUT2D eigenvalue weighted by Crippen LogP contribution is 2.37. The summed E-state index contributed by atoms with van der Waals surface area (Å²) in [6, 6.07) is 14.9. The predicted molar refractivity (Wildman–Crippen MR) is 118 cm³/mol. The third kappa shape index (κ3) is 6.72. The van der Waals surface area contributed by atoms with Gasteiger partial charge in [0.1, 0.15) is 6.61 Å². The Labute approximate surface area is 186 Å². The minimum atomic E-state index is -0.463. The molecule has 3 atom stereocenters. The van der Waals surface area contributed by atoms with Crippen molar-refractivity contribution in [3.63, 3.8) is 0 Å². The fourth-order valence-corrected chi connectivity index (χ4v) is 5.12. The van der Waals surface area contributed by atoms with Gasteiger partial charge in [-0.15, -0.1) is 11.8 Å². The third-order valence-corrected chi connectivity index (χ3v) is 6.68. The zero-order chi connectivity index (χ0) is 21.3. The molecule has 0 saturated heterocycles. The van der Waals surface area contributed by atoms with E-state index >= 15 is 0 Å². The summed E-state index contributed by atoms with van der Waals surface area (Å²) in [4.78, 5) is 13.0. The second kappa shape index (κ2) is 11.7. The second-order valence-electron chi connectivity index (χ2n) is 7.41. The van der Waals surface area contributed by atoms with Crippen LogP contribution in [0.25, 0.3) is 0 Å². The van der Waals surface area contributed by atoms with Crippen LogP contribution < -0.4 is 0 Å². The number of esters is 1. The molecule has 1 unspecified atom stereocenters. The normalized spacial score (nSPS) is 21.0. The minimum absolute atomic E-state index is 0.0201. The first-order valence-electron chi connectivity index (χ1n) is 10.1. The lowest BCUT2D eigenvalue weighted by Crippen LogP contribution is -2.25. The van der Waals surface area contributed by atoms with E-state index in [-0.39, 0.29) is 25.2 Å². The monoisotopic (exact) mass is 450 g/mol. The van der Waals surface area contributed by atoms with Gasteiger partial charge in [-0.05, 0) is 54.7 Å². The van der Waals surface area contributed by atoms with Crippen LogP contribution in [0.5, 0.6) is 0 Å². The summed E-state index contributed by atoms with van der Waals surface area (Å²) in [6.07, 6.45) is 1.42. The lowest BCUT2D eigenvalue weighted by Gasteiger charge is -2.22. The second-order valence-corrected chi connectivity index (χ2v) is 8.94. The van der Waals surface area contributed by atoms with Gasteiger partial charge in [0, 0.05) is 21.6 Å².